The van der Waals surface area contributed by atoms with Crippen LogP contribution in [0, 0.1) is 11.6 Å². The van der Waals surface area contributed by atoms with Crippen molar-refractivity contribution in [3.8, 4) is 0 Å². The maximum absolute atomic E-state index is 14.8. The summed E-state index contributed by atoms with van der Waals surface area (Å²) in [4.78, 5) is 28.9. The molecule has 4 aliphatic rings. The maximum atomic E-state index is 14.8. The summed E-state index contributed by atoms with van der Waals surface area (Å²) in [5.41, 5.74) is 4.13. The number of amides is 1. The fourth-order valence-corrected chi connectivity index (χ4v) is 6.75. The minimum Gasteiger partial charge on any atom is -0.331 e. The minimum absolute atomic E-state index is 0.0609. The maximum Gasteiger partial charge on any atom is 0.254 e. The third kappa shape index (κ3) is 4.53. The molecule has 212 valence electrons. The van der Waals surface area contributed by atoms with E-state index in [0.717, 1.165) is 30.5 Å². The number of hydrogen-bond acceptors (Lipinski definition) is 6. The SMILES string of the molecule is CNC1CC2CCC1N2C(=O)c1ccc(Nc2ncc3c(n2)C2=CN=C(Cl)C=C(c4c(F)cccc4F)C2=CC3)cc1. The van der Waals surface area contributed by atoms with Gasteiger partial charge >= 0.3 is 0 Å². The summed E-state index contributed by atoms with van der Waals surface area (Å²) in [6.07, 6.45) is 10.2. The molecule has 4 heterocycles. The van der Waals surface area contributed by atoms with Gasteiger partial charge in [-0.05, 0) is 86.4 Å². The van der Waals surface area contributed by atoms with Gasteiger partial charge in [-0.25, -0.2) is 23.7 Å². The zero-order chi connectivity index (χ0) is 29.0. The van der Waals surface area contributed by atoms with E-state index in [-0.39, 0.29) is 22.7 Å². The summed E-state index contributed by atoms with van der Waals surface area (Å²) >= 11 is 6.29. The van der Waals surface area contributed by atoms with Crippen LogP contribution in [0.4, 0.5) is 20.4 Å². The second kappa shape index (κ2) is 10.6. The zero-order valence-electron chi connectivity index (χ0n) is 22.7. The number of fused-ring (bicyclic) bond motifs is 5. The minimum atomic E-state index is -0.690. The predicted octanol–water partition coefficient (Wildman–Crippen LogP) is 6.02. The van der Waals surface area contributed by atoms with Crippen LogP contribution in [0.3, 0.4) is 0 Å². The molecule has 2 saturated heterocycles. The Labute approximate surface area is 246 Å². The fourth-order valence-electron chi connectivity index (χ4n) is 6.60. The lowest BCUT2D eigenvalue weighted by Gasteiger charge is -2.24. The molecule has 0 saturated carbocycles. The van der Waals surface area contributed by atoms with E-state index in [0.29, 0.717) is 52.4 Å². The van der Waals surface area contributed by atoms with Gasteiger partial charge in [-0.15, -0.1) is 0 Å². The summed E-state index contributed by atoms with van der Waals surface area (Å²) in [5.74, 6) is -0.980. The van der Waals surface area contributed by atoms with Crippen LogP contribution in [0.1, 0.15) is 46.4 Å². The first-order chi connectivity index (χ1) is 20.4. The van der Waals surface area contributed by atoms with Crippen LogP contribution in [0.15, 0.2) is 77.6 Å². The molecule has 1 amide bonds. The van der Waals surface area contributed by atoms with Gasteiger partial charge in [0.25, 0.3) is 5.91 Å². The normalized spacial score (nSPS) is 22.4. The number of allylic oxidation sites excluding steroid dienone is 5. The molecule has 0 radical (unpaired) electrons. The number of carbonyl (C=O) groups excluding carboxylic acids is 1. The Balaban J connectivity index is 1.14. The van der Waals surface area contributed by atoms with Crippen LogP contribution in [-0.4, -0.2) is 51.1 Å². The Bertz CT molecular complexity index is 1710. The van der Waals surface area contributed by atoms with E-state index in [1.165, 1.54) is 24.3 Å². The van der Waals surface area contributed by atoms with E-state index in [9.17, 15) is 13.6 Å². The van der Waals surface area contributed by atoms with E-state index in [2.05, 4.69) is 20.6 Å². The molecule has 1 aromatic heterocycles. The molecule has 2 fully saturated rings. The quantitative estimate of drug-likeness (QED) is 0.383. The van der Waals surface area contributed by atoms with Crippen molar-refractivity contribution >= 4 is 45.5 Å². The van der Waals surface area contributed by atoms with Crippen molar-refractivity contribution < 1.29 is 13.6 Å². The number of anilines is 2. The Morgan fingerprint density at radius 1 is 1.05 bits per heavy atom. The van der Waals surface area contributed by atoms with Crippen LogP contribution in [0.2, 0.25) is 0 Å². The van der Waals surface area contributed by atoms with Crippen LogP contribution in [-0.2, 0) is 6.42 Å². The van der Waals surface area contributed by atoms with Gasteiger partial charge in [0.2, 0.25) is 5.95 Å². The van der Waals surface area contributed by atoms with Crippen LogP contribution < -0.4 is 10.6 Å². The molecule has 2 N–H and O–H groups in total. The number of aliphatic imine (C=N–C) groups is 1. The number of nitrogens with one attached hydrogen (secondary N) is 2. The molecule has 10 heteroatoms. The third-order valence-electron chi connectivity index (χ3n) is 8.57. The first kappa shape index (κ1) is 26.7. The summed E-state index contributed by atoms with van der Waals surface area (Å²) < 4.78 is 29.6. The highest BCUT2D eigenvalue weighted by Gasteiger charge is 2.48. The van der Waals surface area contributed by atoms with Gasteiger partial charge in [0.1, 0.15) is 16.8 Å². The van der Waals surface area contributed by atoms with Gasteiger partial charge < -0.3 is 15.5 Å². The van der Waals surface area contributed by atoms with E-state index < -0.39 is 11.6 Å². The van der Waals surface area contributed by atoms with Gasteiger partial charge in [-0.3, -0.25) is 4.79 Å². The number of carbonyl (C=O) groups is 1. The van der Waals surface area contributed by atoms with E-state index in [1.807, 2.05) is 42.3 Å². The highest BCUT2D eigenvalue weighted by Crippen LogP contribution is 2.42. The number of halogens is 3. The van der Waals surface area contributed by atoms with E-state index in [4.69, 9.17) is 16.6 Å². The number of benzene rings is 2. The zero-order valence-corrected chi connectivity index (χ0v) is 23.5. The number of aromatic nitrogens is 2. The molecule has 3 atom stereocenters. The van der Waals surface area contributed by atoms with Crippen molar-refractivity contribution in [3.05, 3.63) is 107 Å². The van der Waals surface area contributed by atoms with Crippen molar-refractivity contribution in [2.45, 2.75) is 43.8 Å². The monoisotopic (exact) mass is 584 g/mol. The second-order valence-electron chi connectivity index (χ2n) is 10.9. The number of rotatable bonds is 5. The fraction of sp³-hybridized carbons (Fsp3) is 0.250. The smallest absolute Gasteiger partial charge is 0.254 e. The van der Waals surface area contributed by atoms with Crippen LogP contribution >= 0.6 is 11.6 Å². The molecule has 42 heavy (non-hydrogen) atoms. The summed E-state index contributed by atoms with van der Waals surface area (Å²) in [6, 6.07) is 12.0. The highest BCUT2D eigenvalue weighted by atomic mass is 35.5. The molecule has 0 spiro atoms. The van der Waals surface area contributed by atoms with Gasteiger partial charge in [-0.1, -0.05) is 23.7 Å². The summed E-state index contributed by atoms with van der Waals surface area (Å²) in [7, 11) is 1.96. The summed E-state index contributed by atoms with van der Waals surface area (Å²) in [5, 5.41) is 6.67. The molecule has 1 aliphatic carbocycles. The molecule has 2 bridgehead atoms. The third-order valence-corrected chi connectivity index (χ3v) is 8.78. The lowest BCUT2D eigenvalue weighted by atomic mass is 9.84. The molecular formula is C32H27ClF2N6O. The van der Waals surface area contributed by atoms with E-state index in [1.54, 1.807) is 12.4 Å². The Kier molecular flexibility index (Phi) is 6.71. The Morgan fingerprint density at radius 3 is 2.57 bits per heavy atom. The predicted molar refractivity (Wildman–Crippen MR) is 160 cm³/mol. The second-order valence-corrected chi connectivity index (χ2v) is 11.3. The Hall–Kier alpha value is -4.21. The molecule has 2 aromatic carbocycles. The van der Waals surface area contributed by atoms with Crippen molar-refractivity contribution in [1.82, 2.24) is 20.2 Å². The van der Waals surface area contributed by atoms with E-state index >= 15 is 0 Å². The lowest BCUT2D eigenvalue weighted by Crippen LogP contribution is -2.41. The Morgan fingerprint density at radius 2 is 1.83 bits per heavy atom. The van der Waals surface area contributed by atoms with Crippen molar-refractivity contribution in [1.29, 1.82) is 0 Å². The molecule has 3 aliphatic heterocycles. The molecule has 3 aromatic rings. The van der Waals surface area contributed by atoms with Crippen LogP contribution in [0.25, 0.3) is 11.1 Å². The first-order valence-electron chi connectivity index (χ1n) is 13.9. The average Bonchev–Trinajstić information content (AvgIpc) is 3.52. The van der Waals surface area contributed by atoms with Gasteiger partial charge in [-0.2, -0.15) is 0 Å². The molecule has 7 nitrogen and oxygen atoms in total. The molecule has 7 rings (SSSR count). The number of hydrogen-bond donors (Lipinski definition) is 2. The first-order valence-corrected chi connectivity index (χ1v) is 14.3. The molecule has 3 unspecified atom stereocenters. The number of likely N-dealkylation sites (N-methyl/N-ethyl adjacent to an activating group) is 1. The van der Waals surface area contributed by atoms with Crippen molar-refractivity contribution in [2.75, 3.05) is 12.4 Å². The van der Waals surface area contributed by atoms with Crippen molar-refractivity contribution in [2.24, 2.45) is 4.99 Å². The highest BCUT2D eigenvalue weighted by molar-refractivity contribution is 6.69. The van der Waals surface area contributed by atoms with Gasteiger partial charge in [0.05, 0.1) is 11.3 Å². The molecular weight excluding hydrogens is 558 g/mol. The summed E-state index contributed by atoms with van der Waals surface area (Å²) in [6.45, 7) is 0. The van der Waals surface area contributed by atoms with Crippen LogP contribution in [0.5, 0.6) is 0 Å². The standard InChI is InChI=1S/C32H27ClF2N6O/c1-36-26-13-20-10-12-27(26)41(20)31(42)17-5-8-19(9-6-17)39-32-38-15-18-7-11-21-22(29-24(34)3-2-4-25(29)35)14-28(33)37-16-23(21)30(18)40-32/h2-6,8-9,11,14-16,20,26-27,36H,7,10,12-13H2,1H3,(H,38,39,40). The lowest BCUT2D eigenvalue weighted by molar-refractivity contribution is 0.0724. The van der Waals surface area contributed by atoms with Gasteiger partial charge in [0, 0.05) is 52.9 Å². The van der Waals surface area contributed by atoms with Gasteiger partial charge in [0.15, 0.2) is 0 Å². The largest absolute Gasteiger partial charge is 0.331 e. The van der Waals surface area contributed by atoms with Crippen molar-refractivity contribution in [3.63, 3.8) is 0 Å². The average molecular weight is 585 g/mol. The number of nitrogens with zero attached hydrogens (tertiary/aromatic N) is 4. The topological polar surface area (TPSA) is 82.5 Å².